The number of carbonyl (C=O) groups excluding carboxylic acids is 1. The lowest BCUT2D eigenvalue weighted by atomic mass is 10.1. The SMILES string of the molecule is CC1=[N+](B(F)F)/C(=C(/C(=O)OCc2ccccc2)c2ccc(C)n2C)C=C1. The van der Waals surface area contributed by atoms with Crippen LogP contribution in [-0.4, -0.2) is 28.1 Å². The lowest BCUT2D eigenvalue weighted by molar-refractivity contribution is -0.341. The molecule has 0 amide bonds. The molecule has 138 valence electrons. The van der Waals surface area contributed by atoms with Crippen molar-refractivity contribution in [3.63, 3.8) is 0 Å². The third-order valence-electron chi connectivity index (χ3n) is 4.62. The van der Waals surface area contributed by atoms with Gasteiger partial charge in [0.25, 0.3) is 0 Å². The summed E-state index contributed by atoms with van der Waals surface area (Å²) in [4.78, 5) is 12.9. The standard InChI is InChI=1S/C20H20BF2N2O2/c1-14-9-11-17(24(14)3)19(18-12-10-15(2)25(18)21(22)23)20(26)27-13-16-7-5-4-6-8-16/h4-12H,13H2,1-3H3/q+1. The van der Waals surface area contributed by atoms with E-state index in [1.807, 2.05) is 43.3 Å². The minimum atomic E-state index is -2.76. The Kier molecular flexibility index (Phi) is 5.39. The van der Waals surface area contributed by atoms with Crippen LogP contribution in [0, 0.1) is 6.92 Å². The molecular formula is C20H20BF2N2O2+. The summed E-state index contributed by atoms with van der Waals surface area (Å²) in [6, 6.07) is 12.8. The second-order valence-electron chi connectivity index (χ2n) is 6.36. The molecule has 0 N–H and O–H groups in total. The van der Waals surface area contributed by atoms with Gasteiger partial charge in [0.1, 0.15) is 6.61 Å². The van der Waals surface area contributed by atoms with Gasteiger partial charge in [-0.15, -0.1) is 0 Å². The fourth-order valence-electron chi connectivity index (χ4n) is 3.01. The van der Waals surface area contributed by atoms with Crippen molar-refractivity contribution in [2.24, 2.45) is 7.05 Å². The summed E-state index contributed by atoms with van der Waals surface area (Å²) in [7, 11) is -0.967. The minimum Gasteiger partial charge on any atom is -0.457 e. The van der Waals surface area contributed by atoms with Crippen LogP contribution in [0.25, 0.3) is 5.57 Å². The van der Waals surface area contributed by atoms with Crippen LogP contribution in [0.3, 0.4) is 0 Å². The van der Waals surface area contributed by atoms with E-state index in [1.54, 1.807) is 30.7 Å². The predicted molar refractivity (Wildman–Crippen MR) is 101 cm³/mol. The van der Waals surface area contributed by atoms with Crippen LogP contribution >= 0.6 is 0 Å². The van der Waals surface area contributed by atoms with Gasteiger partial charge in [-0.3, -0.25) is 0 Å². The normalized spacial score (nSPS) is 15.3. The van der Waals surface area contributed by atoms with Crippen molar-refractivity contribution in [2.75, 3.05) is 0 Å². The summed E-state index contributed by atoms with van der Waals surface area (Å²) in [5.74, 6) is -0.639. The molecule has 0 fully saturated rings. The number of esters is 1. The molecule has 0 bridgehead atoms. The summed E-state index contributed by atoms with van der Waals surface area (Å²) >= 11 is 0. The summed E-state index contributed by atoms with van der Waals surface area (Å²) in [5.41, 5.74) is 2.90. The van der Waals surface area contributed by atoms with Crippen LogP contribution in [0.1, 0.15) is 23.9 Å². The zero-order valence-electron chi connectivity index (χ0n) is 15.4. The molecule has 1 aliphatic rings. The first kappa shape index (κ1) is 18.8. The summed E-state index contributed by atoms with van der Waals surface area (Å²) in [6.07, 6.45) is 3.10. The predicted octanol–water partition coefficient (Wildman–Crippen LogP) is 3.76. The zero-order valence-corrected chi connectivity index (χ0v) is 15.4. The third-order valence-corrected chi connectivity index (χ3v) is 4.62. The van der Waals surface area contributed by atoms with Crippen LogP contribution < -0.4 is 0 Å². The molecule has 1 aliphatic heterocycles. The van der Waals surface area contributed by atoms with E-state index in [0.29, 0.717) is 11.4 Å². The van der Waals surface area contributed by atoms with Crippen molar-refractivity contribution in [2.45, 2.75) is 20.5 Å². The Bertz CT molecular complexity index is 960. The molecule has 3 rings (SSSR count). The smallest absolute Gasteiger partial charge is 0.457 e. The fraction of sp³-hybridized carbons (Fsp3) is 0.200. The van der Waals surface area contributed by atoms with Gasteiger partial charge in [0.2, 0.25) is 5.70 Å². The van der Waals surface area contributed by atoms with Crippen molar-refractivity contribution in [1.29, 1.82) is 0 Å². The van der Waals surface area contributed by atoms with Crippen molar-refractivity contribution in [3.8, 4) is 0 Å². The van der Waals surface area contributed by atoms with Crippen molar-refractivity contribution < 1.29 is 22.6 Å². The number of carbonyl (C=O) groups is 1. The molecule has 0 radical (unpaired) electrons. The molecule has 0 saturated carbocycles. The number of aryl methyl sites for hydroxylation is 1. The van der Waals surface area contributed by atoms with E-state index in [0.717, 1.165) is 15.7 Å². The lowest BCUT2D eigenvalue weighted by Crippen LogP contribution is -2.26. The fourth-order valence-corrected chi connectivity index (χ4v) is 3.01. The van der Waals surface area contributed by atoms with Crippen LogP contribution in [0.4, 0.5) is 8.63 Å². The Morgan fingerprint density at radius 1 is 1.11 bits per heavy atom. The molecule has 0 unspecified atom stereocenters. The quantitative estimate of drug-likeness (QED) is 0.457. The minimum absolute atomic E-state index is 0.0704. The molecule has 2 aromatic rings. The van der Waals surface area contributed by atoms with E-state index in [-0.39, 0.29) is 17.9 Å². The van der Waals surface area contributed by atoms with Crippen molar-refractivity contribution in [3.05, 3.63) is 77.3 Å². The molecule has 0 atom stereocenters. The van der Waals surface area contributed by atoms with Gasteiger partial charge < -0.3 is 9.30 Å². The molecule has 0 spiro atoms. The van der Waals surface area contributed by atoms with Crippen LogP contribution in [0.5, 0.6) is 0 Å². The topological polar surface area (TPSA) is 34.2 Å². The second-order valence-corrected chi connectivity index (χ2v) is 6.36. The average molecular weight is 369 g/mol. The van der Waals surface area contributed by atoms with Crippen molar-refractivity contribution in [1.82, 2.24) is 4.57 Å². The first-order valence-corrected chi connectivity index (χ1v) is 8.57. The highest BCUT2D eigenvalue weighted by Gasteiger charge is 2.43. The van der Waals surface area contributed by atoms with Gasteiger partial charge in [0.05, 0.1) is 5.69 Å². The maximum absolute atomic E-state index is 13.6. The zero-order chi connectivity index (χ0) is 19.6. The average Bonchev–Trinajstić information content (AvgIpc) is 3.18. The van der Waals surface area contributed by atoms with Gasteiger partial charge >= 0.3 is 13.4 Å². The van der Waals surface area contributed by atoms with Gasteiger partial charge in [-0.05, 0) is 24.6 Å². The monoisotopic (exact) mass is 369 g/mol. The van der Waals surface area contributed by atoms with E-state index >= 15 is 0 Å². The third kappa shape index (κ3) is 3.77. The summed E-state index contributed by atoms with van der Waals surface area (Å²) in [5, 5.41) is 0. The van der Waals surface area contributed by atoms with E-state index < -0.39 is 13.4 Å². The molecule has 0 aliphatic carbocycles. The van der Waals surface area contributed by atoms with E-state index in [4.69, 9.17) is 4.74 Å². The number of aromatic nitrogens is 1. The maximum Gasteiger partial charge on any atom is 0.934 e. The Labute approximate surface area is 157 Å². The molecular weight excluding hydrogens is 349 g/mol. The Morgan fingerprint density at radius 2 is 1.81 bits per heavy atom. The number of allylic oxidation sites excluding steroid dienone is 2. The van der Waals surface area contributed by atoms with Crippen molar-refractivity contribution >= 4 is 24.7 Å². The number of rotatable bonds is 5. The lowest BCUT2D eigenvalue weighted by Gasteiger charge is -2.12. The van der Waals surface area contributed by atoms with Crippen LogP contribution in [0.2, 0.25) is 0 Å². The van der Waals surface area contributed by atoms with Gasteiger partial charge in [0, 0.05) is 31.8 Å². The highest BCUT2D eigenvalue weighted by atomic mass is 19.2. The molecule has 4 nitrogen and oxygen atoms in total. The summed E-state index contributed by atoms with van der Waals surface area (Å²) in [6.45, 7) is 3.54. The Balaban J connectivity index is 2.04. The number of ether oxygens (including phenoxy) is 1. The molecule has 2 heterocycles. The Morgan fingerprint density at radius 3 is 2.41 bits per heavy atom. The highest BCUT2D eigenvalue weighted by molar-refractivity contribution is 6.35. The number of nitrogens with zero attached hydrogens (tertiary/aromatic N) is 2. The molecule has 1 aromatic carbocycles. The largest absolute Gasteiger partial charge is 0.934 e. The van der Waals surface area contributed by atoms with Gasteiger partial charge in [0.15, 0.2) is 11.3 Å². The first-order valence-electron chi connectivity index (χ1n) is 8.57. The van der Waals surface area contributed by atoms with Crippen LogP contribution in [-0.2, 0) is 23.2 Å². The molecule has 1 aromatic heterocycles. The van der Waals surface area contributed by atoms with Gasteiger partial charge in [-0.25, -0.2) is 17.9 Å². The Hall–Kier alpha value is -2.96. The molecule has 27 heavy (non-hydrogen) atoms. The number of hydrogen-bond acceptors (Lipinski definition) is 2. The first-order chi connectivity index (χ1) is 12.9. The summed E-state index contributed by atoms with van der Waals surface area (Å²) < 4.78 is 35.3. The van der Waals surface area contributed by atoms with Gasteiger partial charge in [-0.2, -0.15) is 0 Å². The number of hydrogen-bond donors (Lipinski definition) is 0. The van der Waals surface area contributed by atoms with Gasteiger partial charge in [-0.1, -0.05) is 30.3 Å². The second kappa shape index (κ2) is 7.74. The van der Waals surface area contributed by atoms with E-state index in [1.165, 1.54) is 6.08 Å². The number of halogens is 2. The highest BCUT2D eigenvalue weighted by Crippen LogP contribution is 2.27. The molecule has 7 heteroatoms. The molecule has 0 saturated heterocycles. The number of benzene rings is 1. The van der Waals surface area contributed by atoms with Crippen LogP contribution in [0.15, 0.2) is 60.3 Å². The van der Waals surface area contributed by atoms with E-state index in [2.05, 4.69) is 0 Å². The van der Waals surface area contributed by atoms with E-state index in [9.17, 15) is 13.4 Å². The maximum atomic E-state index is 13.6.